The number of aliphatic hydroxyl groups is 1. The number of carbonyl (C=O) groups excluding carboxylic acids is 1. The summed E-state index contributed by atoms with van der Waals surface area (Å²) in [5.74, 6) is -0.505. The number of amides is 1. The number of hydrogen-bond acceptors (Lipinski definition) is 3. The zero-order chi connectivity index (χ0) is 14.3. The number of nitrogens with zero attached hydrogens (tertiary/aromatic N) is 2. The van der Waals surface area contributed by atoms with Crippen LogP contribution >= 0.6 is 0 Å². The predicted molar refractivity (Wildman–Crippen MR) is 73.0 cm³/mol. The van der Waals surface area contributed by atoms with Gasteiger partial charge in [0.15, 0.2) is 0 Å². The number of carbonyl (C=O) groups is 1. The van der Waals surface area contributed by atoms with E-state index < -0.39 is 6.10 Å². The topological polar surface area (TPSA) is 53.4 Å². The van der Waals surface area contributed by atoms with Gasteiger partial charge in [-0.3, -0.25) is 9.78 Å². The van der Waals surface area contributed by atoms with Gasteiger partial charge in [-0.2, -0.15) is 0 Å². The molecular formula is C15H15FN2O2. The first-order chi connectivity index (χ1) is 9.54. The zero-order valence-electron chi connectivity index (χ0n) is 11.1. The number of halogens is 1. The van der Waals surface area contributed by atoms with Crippen LogP contribution in [0.1, 0.15) is 22.5 Å². The van der Waals surface area contributed by atoms with Crippen molar-refractivity contribution >= 4 is 16.8 Å². The van der Waals surface area contributed by atoms with Crippen molar-refractivity contribution in [2.45, 2.75) is 19.4 Å². The minimum absolute atomic E-state index is 0.136. The van der Waals surface area contributed by atoms with Crippen LogP contribution in [0.2, 0.25) is 0 Å². The molecule has 1 aromatic heterocycles. The number of β-amino-alcohol motifs (C(OH)–C–C–N with tert-alkyl or cyclic N) is 1. The monoisotopic (exact) mass is 274 g/mol. The summed E-state index contributed by atoms with van der Waals surface area (Å²) in [6.07, 6.45) is 0.146. The van der Waals surface area contributed by atoms with Crippen molar-refractivity contribution in [3.8, 4) is 0 Å². The molecule has 1 aromatic carbocycles. The fraction of sp³-hybridized carbons (Fsp3) is 0.333. The lowest BCUT2D eigenvalue weighted by molar-refractivity contribution is 0.0766. The Kier molecular flexibility index (Phi) is 3.14. The highest BCUT2D eigenvalue weighted by Gasteiger charge is 2.26. The second-order valence-corrected chi connectivity index (χ2v) is 5.17. The minimum atomic E-state index is -0.453. The Morgan fingerprint density at radius 3 is 2.95 bits per heavy atom. The van der Waals surface area contributed by atoms with E-state index in [-0.39, 0.29) is 11.7 Å². The van der Waals surface area contributed by atoms with Gasteiger partial charge in [-0.1, -0.05) is 0 Å². The van der Waals surface area contributed by atoms with Gasteiger partial charge in [-0.05, 0) is 31.5 Å². The first-order valence-corrected chi connectivity index (χ1v) is 6.59. The highest BCUT2D eigenvalue weighted by molar-refractivity contribution is 6.06. The van der Waals surface area contributed by atoms with Crippen LogP contribution < -0.4 is 0 Å². The van der Waals surface area contributed by atoms with E-state index in [1.807, 2.05) is 0 Å². The number of hydrogen-bond donors (Lipinski definition) is 1. The van der Waals surface area contributed by atoms with E-state index in [2.05, 4.69) is 4.98 Å². The van der Waals surface area contributed by atoms with Gasteiger partial charge in [0.2, 0.25) is 0 Å². The van der Waals surface area contributed by atoms with Crippen LogP contribution in [-0.2, 0) is 0 Å². The largest absolute Gasteiger partial charge is 0.391 e. The second kappa shape index (κ2) is 4.83. The van der Waals surface area contributed by atoms with Gasteiger partial charge in [0.1, 0.15) is 5.82 Å². The number of pyridine rings is 1. The lowest BCUT2D eigenvalue weighted by Crippen LogP contribution is -2.29. The molecule has 2 heterocycles. The van der Waals surface area contributed by atoms with Gasteiger partial charge in [-0.15, -0.1) is 0 Å². The van der Waals surface area contributed by atoms with E-state index in [9.17, 15) is 14.3 Å². The standard InChI is InChI=1S/C15H15FN2O2/c1-9-6-13(15(20)18-5-4-11(19)8-18)12-3-2-10(16)7-14(12)17-9/h2-3,6-7,11,19H,4-5,8H2,1H3/t11-/m1/s1. The van der Waals surface area contributed by atoms with Crippen LogP contribution in [0.3, 0.4) is 0 Å². The molecule has 0 saturated carbocycles. The quantitative estimate of drug-likeness (QED) is 0.864. The van der Waals surface area contributed by atoms with E-state index in [4.69, 9.17) is 0 Å². The van der Waals surface area contributed by atoms with E-state index in [0.717, 1.165) is 0 Å². The second-order valence-electron chi connectivity index (χ2n) is 5.17. The molecule has 0 aliphatic carbocycles. The summed E-state index contributed by atoms with van der Waals surface area (Å²) in [5.41, 5.74) is 1.67. The van der Waals surface area contributed by atoms with Gasteiger partial charge in [0.05, 0.1) is 17.2 Å². The summed E-state index contributed by atoms with van der Waals surface area (Å²) in [6.45, 7) is 2.67. The SMILES string of the molecule is Cc1cc(C(=O)N2CC[C@@H](O)C2)c2ccc(F)cc2n1. The molecule has 0 bridgehead atoms. The predicted octanol–water partition coefficient (Wildman–Crippen LogP) is 1.89. The summed E-state index contributed by atoms with van der Waals surface area (Å²) < 4.78 is 13.3. The molecular weight excluding hydrogens is 259 g/mol. The summed E-state index contributed by atoms with van der Waals surface area (Å²) in [5, 5.41) is 10.2. The number of aliphatic hydroxyl groups excluding tert-OH is 1. The molecule has 4 nitrogen and oxygen atoms in total. The molecule has 5 heteroatoms. The molecule has 20 heavy (non-hydrogen) atoms. The number of fused-ring (bicyclic) bond motifs is 1. The fourth-order valence-electron chi connectivity index (χ4n) is 2.61. The third-order valence-corrected chi connectivity index (χ3v) is 3.58. The molecule has 1 aliphatic rings. The van der Waals surface area contributed by atoms with Crippen molar-refractivity contribution in [2.24, 2.45) is 0 Å². The smallest absolute Gasteiger partial charge is 0.254 e. The van der Waals surface area contributed by atoms with Crippen LogP contribution in [0.5, 0.6) is 0 Å². The van der Waals surface area contributed by atoms with Crippen molar-refractivity contribution in [1.82, 2.24) is 9.88 Å². The van der Waals surface area contributed by atoms with Crippen LogP contribution in [0, 0.1) is 12.7 Å². The van der Waals surface area contributed by atoms with Crippen LogP contribution in [0.4, 0.5) is 4.39 Å². The fourth-order valence-corrected chi connectivity index (χ4v) is 2.61. The Labute approximate surface area is 115 Å². The highest BCUT2D eigenvalue weighted by Crippen LogP contribution is 2.22. The summed E-state index contributed by atoms with van der Waals surface area (Å²) >= 11 is 0. The maximum Gasteiger partial charge on any atom is 0.254 e. The summed E-state index contributed by atoms with van der Waals surface area (Å²) in [7, 11) is 0. The zero-order valence-corrected chi connectivity index (χ0v) is 11.1. The minimum Gasteiger partial charge on any atom is -0.391 e. The lowest BCUT2D eigenvalue weighted by Gasteiger charge is -2.17. The normalized spacial score (nSPS) is 18.8. The summed E-state index contributed by atoms with van der Waals surface area (Å²) in [6, 6.07) is 5.96. The van der Waals surface area contributed by atoms with Crippen molar-refractivity contribution in [2.75, 3.05) is 13.1 Å². The Hall–Kier alpha value is -2.01. The molecule has 2 aromatic rings. The van der Waals surface area contributed by atoms with Crippen molar-refractivity contribution in [1.29, 1.82) is 0 Å². The molecule has 3 rings (SSSR count). The molecule has 0 spiro atoms. The molecule has 0 unspecified atom stereocenters. The van der Waals surface area contributed by atoms with Gasteiger partial charge in [0.25, 0.3) is 5.91 Å². The first-order valence-electron chi connectivity index (χ1n) is 6.59. The number of likely N-dealkylation sites (tertiary alicyclic amines) is 1. The third-order valence-electron chi connectivity index (χ3n) is 3.58. The van der Waals surface area contributed by atoms with Crippen molar-refractivity contribution in [3.63, 3.8) is 0 Å². The van der Waals surface area contributed by atoms with E-state index in [1.54, 1.807) is 24.0 Å². The Bertz CT molecular complexity index is 682. The molecule has 1 N–H and O–H groups in total. The van der Waals surface area contributed by atoms with Crippen molar-refractivity contribution < 1.29 is 14.3 Å². The third kappa shape index (κ3) is 2.25. The molecule has 0 radical (unpaired) electrons. The molecule has 104 valence electrons. The van der Waals surface area contributed by atoms with E-state index in [1.165, 1.54) is 12.1 Å². The lowest BCUT2D eigenvalue weighted by atomic mass is 10.1. The van der Waals surface area contributed by atoms with Gasteiger partial charge < -0.3 is 10.0 Å². The number of aromatic nitrogens is 1. The Balaban J connectivity index is 2.08. The number of rotatable bonds is 1. The van der Waals surface area contributed by atoms with E-state index >= 15 is 0 Å². The molecule has 1 atom stereocenters. The van der Waals surface area contributed by atoms with Crippen LogP contribution in [0.15, 0.2) is 24.3 Å². The molecule has 1 aliphatic heterocycles. The van der Waals surface area contributed by atoms with Crippen LogP contribution in [-0.4, -0.2) is 40.1 Å². The average Bonchev–Trinajstić information content (AvgIpc) is 2.83. The Morgan fingerprint density at radius 1 is 1.45 bits per heavy atom. The first kappa shape index (κ1) is 13.0. The van der Waals surface area contributed by atoms with Crippen LogP contribution in [0.25, 0.3) is 10.9 Å². The molecule has 1 fully saturated rings. The molecule has 1 saturated heterocycles. The highest BCUT2D eigenvalue weighted by atomic mass is 19.1. The number of benzene rings is 1. The molecule has 1 amide bonds. The van der Waals surface area contributed by atoms with Gasteiger partial charge in [0, 0.05) is 30.2 Å². The maximum atomic E-state index is 13.3. The number of aryl methyl sites for hydroxylation is 1. The van der Waals surface area contributed by atoms with Gasteiger partial charge in [-0.25, -0.2) is 4.39 Å². The maximum absolute atomic E-state index is 13.3. The van der Waals surface area contributed by atoms with Crippen molar-refractivity contribution in [3.05, 3.63) is 41.3 Å². The average molecular weight is 274 g/mol. The van der Waals surface area contributed by atoms with Gasteiger partial charge >= 0.3 is 0 Å². The van der Waals surface area contributed by atoms with E-state index in [0.29, 0.717) is 41.7 Å². The summed E-state index contributed by atoms with van der Waals surface area (Å²) in [4.78, 5) is 18.4. The Morgan fingerprint density at radius 2 is 2.25 bits per heavy atom.